The minimum absolute atomic E-state index is 0.207. The monoisotopic (exact) mass is 257 g/mol. The molecule has 2 saturated heterocycles. The molecule has 0 aliphatic carbocycles. The number of nitrogens with one attached hydrogen (secondary N) is 1. The predicted molar refractivity (Wildman–Crippen MR) is 75.7 cm³/mol. The summed E-state index contributed by atoms with van der Waals surface area (Å²) >= 11 is 2.05. The fourth-order valence-corrected chi connectivity index (χ4v) is 4.02. The lowest BCUT2D eigenvalue weighted by atomic mass is 9.85. The van der Waals surface area contributed by atoms with Crippen LogP contribution in [0.25, 0.3) is 0 Å². The molecule has 2 aliphatic heterocycles. The summed E-state index contributed by atoms with van der Waals surface area (Å²) in [6.45, 7) is 10.2. The first kappa shape index (κ1) is 13.7. The molecule has 3 unspecified atom stereocenters. The van der Waals surface area contributed by atoms with Crippen LogP contribution in [0.3, 0.4) is 0 Å². The zero-order valence-corrected chi connectivity index (χ0v) is 12.5. The van der Waals surface area contributed by atoms with Gasteiger partial charge in [-0.2, -0.15) is 11.8 Å². The zero-order valence-electron chi connectivity index (χ0n) is 11.7. The van der Waals surface area contributed by atoms with Crippen molar-refractivity contribution < 1.29 is 4.74 Å². The van der Waals surface area contributed by atoms with Gasteiger partial charge in [-0.25, -0.2) is 0 Å². The van der Waals surface area contributed by atoms with E-state index in [9.17, 15) is 0 Å². The molecule has 3 atom stereocenters. The molecule has 1 N–H and O–H groups in total. The number of thioether (sulfide) groups is 1. The molecule has 3 heteroatoms. The van der Waals surface area contributed by atoms with Crippen LogP contribution in [0.1, 0.15) is 47.0 Å². The number of hydrogen-bond acceptors (Lipinski definition) is 3. The lowest BCUT2D eigenvalue weighted by molar-refractivity contribution is -0.0725. The van der Waals surface area contributed by atoms with Crippen LogP contribution >= 0.6 is 11.8 Å². The largest absolute Gasteiger partial charge is 0.374 e. The van der Waals surface area contributed by atoms with Gasteiger partial charge in [-0.05, 0) is 37.4 Å². The summed E-state index contributed by atoms with van der Waals surface area (Å²) in [6, 6.07) is 1.22. The molecule has 2 heterocycles. The molecule has 0 aromatic carbocycles. The second-order valence-electron chi connectivity index (χ2n) is 6.78. The summed E-state index contributed by atoms with van der Waals surface area (Å²) in [4.78, 5) is 0. The molecule has 1 spiro atoms. The van der Waals surface area contributed by atoms with Gasteiger partial charge < -0.3 is 10.1 Å². The third-order valence-electron chi connectivity index (χ3n) is 4.34. The fourth-order valence-electron chi connectivity index (χ4n) is 2.64. The number of rotatable bonds is 2. The summed E-state index contributed by atoms with van der Waals surface area (Å²) in [5, 5.41) is 3.82. The Morgan fingerprint density at radius 1 is 1.41 bits per heavy atom. The summed E-state index contributed by atoms with van der Waals surface area (Å²) < 4.78 is 6.06. The van der Waals surface area contributed by atoms with Crippen LogP contribution in [0.15, 0.2) is 0 Å². The van der Waals surface area contributed by atoms with Crippen molar-refractivity contribution in [3.8, 4) is 0 Å². The van der Waals surface area contributed by atoms with Gasteiger partial charge in [-0.1, -0.05) is 20.8 Å². The summed E-state index contributed by atoms with van der Waals surface area (Å²) in [5.41, 5.74) is 0.550. The molecule has 2 fully saturated rings. The van der Waals surface area contributed by atoms with Gasteiger partial charge in [0.2, 0.25) is 0 Å². The van der Waals surface area contributed by atoms with Gasteiger partial charge in [0.05, 0.1) is 5.60 Å². The highest BCUT2D eigenvalue weighted by atomic mass is 32.2. The first-order valence-corrected chi connectivity index (χ1v) is 8.05. The third kappa shape index (κ3) is 3.39. The van der Waals surface area contributed by atoms with Gasteiger partial charge in [0.1, 0.15) is 0 Å². The van der Waals surface area contributed by atoms with Crippen molar-refractivity contribution >= 4 is 11.8 Å². The van der Waals surface area contributed by atoms with Crippen molar-refractivity contribution in [1.82, 2.24) is 5.32 Å². The Balaban J connectivity index is 1.89. The second-order valence-corrected chi connectivity index (χ2v) is 7.88. The average Bonchev–Trinajstić information content (AvgIpc) is 2.65. The highest BCUT2D eigenvalue weighted by molar-refractivity contribution is 7.99. The molecule has 2 rings (SSSR count). The van der Waals surface area contributed by atoms with E-state index in [1.165, 1.54) is 30.8 Å². The van der Waals surface area contributed by atoms with Crippen molar-refractivity contribution in [2.24, 2.45) is 5.41 Å². The topological polar surface area (TPSA) is 21.3 Å². The lowest BCUT2D eigenvalue weighted by Gasteiger charge is -2.41. The van der Waals surface area contributed by atoms with E-state index in [0.29, 0.717) is 17.5 Å². The lowest BCUT2D eigenvalue weighted by Crippen LogP contribution is -2.51. The number of ether oxygens (including phenoxy) is 1. The Kier molecular flexibility index (Phi) is 4.11. The molecular weight excluding hydrogens is 230 g/mol. The van der Waals surface area contributed by atoms with Gasteiger partial charge in [0, 0.05) is 24.4 Å². The minimum Gasteiger partial charge on any atom is -0.374 e. The van der Waals surface area contributed by atoms with Crippen LogP contribution in [0.4, 0.5) is 0 Å². The normalized spacial score (nSPS) is 36.4. The molecular formula is C14H27NOS. The molecule has 17 heavy (non-hydrogen) atoms. The van der Waals surface area contributed by atoms with Crippen LogP contribution in [0.2, 0.25) is 0 Å². The average molecular weight is 257 g/mol. The minimum atomic E-state index is 0.207. The Bertz CT molecular complexity index is 255. The molecule has 100 valence electrons. The molecule has 2 nitrogen and oxygen atoms in total. The Morgan fingerprint density at radius 3 is 2.76 bits per heavy atom. The second kappa shape index (κ2) is 5.10. The van der Waals surface area contributed by atoms with Crippen molar-refractivity contribution in [3.05, 3.63) is 0 Å². The standard InChI is InChI=1S/C14H27NOS/c1-11(13(2,3)4)15-12-5-7-16-14(9-12)6-8-17-10-14/h11-12,15H,5-10H2,1-4H3. The van der Waals surface area contributed by atoms with E-state index >= 15 is 0 Å². The van der Waals surface area contributed by atoms with E-state index in [-0.39, 0.29) is 5.60 Å². The quantitative estimate of drug-likeness (QED) is 0.821. The van der Waals surface area contributed by atoms with Crippen molar-refractivity contribution in [3.63, 3.8) is 0 Å². The van der Waals surface area contributed by atoms with Crippen LogP contribution in [0.5, 0.6) is 0 Å². The van der Waals surface area contributed by atoms with E-state index in [1.54, 1.807) is 0 Å². The summed E-state index contributed by atoms with van der Waals surface area (Å²) in [6.07, 6.45) is 3.63. The van der Waals surface area contributed by atoms with Gasteiger partial charge in [-0.3, -0.25) is 0 Å². The van der Waals surface area contributed by atoms with Gasteiger partial charge in [0.15, 0.2) is 0 Å². The first-order valence-electron chi connectivity index (χ1n) is 6.89. The van der Waals surface area contributed by atoms with Crippen molar-refractivity contribution in [2.75, 3.05) is 18.1 Å². The molecule has 0 aromatic heterocycles. The molecule has 0 aromatic rings. The molecule has 2 aliphatic rings. The molecule has 0 saturated carbocycles. The fraction of sp³-hybridized carbons (Fsp3) is 1.00. The van der Waals surface area contributed by atoms with Crippen LogP contribution < -0.4 is 5.32 Å². The Labute approximate surface area is 110 Å². The Morgan fingerprint density at radius 2 is 2.18 bits per heavy atom. The third-order valence-corrected chi connectivity index (χ3v) is 5.57. The summed E-state index contributed by atoms with van der Waals surface area (Å²) in [5.74, 6) is 2.48. The highest BCUT2D eigenvalue weighted by Crippen LogP contribution is 2.38. The highest BCUT2D eigenvalue weighted by Gasteiger charge is 2.41. The molecule has 0 radical (unpaired) electrons. The van der Waals surface area contributed by atoms with Crippen LogP contribution in [-0.4, -0.2) is 35.8 Å². The van der Waals surface area contributed by atoms with Gasteiger partial charge in [0.25, 0.3) is 0 Å². The number of hydrogen-bond donors (Lipinski definition) is 1. The van der Waals surface area contributed by atoms with Crippen LogP contribution in [0, 0.1) is 5.41 Å². The predicted octanol–water partition coefficient (Wildman–Crippen LogP) is 3.07. The van der Waals surface area contributed by atoms with Crippen molar-refractivity contribution in [1.29, 1.82) is 0 Å². The van der Waals surface area contributed by atoms with E-state index < -0.39 is 0 Å². The van der Waals surface area contributed by atoms with E-state index in [1.807, 2.05) is 0 Å². The Hall–Kier alpha value is 0.270. The maximum Gasteiger partial charge on any atom is 0.0795 e. The van der Waals surface area contributed by atoms with Crippen molar-refractivity contribution in [2.45, 2.75) is 64.6 Å². The van der Waals surface area contributed by atoms with E-state index in [4.69, 9.17) is 4.74 Å². The first-order chi connectivity index (χ1) is 7.91. The van der Waals surface area contributed by atoms with E-state index in [2.05, 4.69) is 44.8 Å². The molecule has 0 amide bonds. The van der Waals surface area contributed by atoms with Gasteiger partial charge >= 0.3 is 0 Å². The SMILES string of the molecule is CC(NC1CCOC2(CCSC2)C1)C(C)(C)C. The maximum absolute atomic E-state index is 6.06. The van der Waals surface area contributed by atoms with Crippen LogP contribution in [-0.2, 0) is 4.74 Å². The maximum atomic E-state index is 6.06. The molecule has 0 bridgehead atoms. The zero-order chi connectivity index (χ0) is 12.5. The van der Waals surface area contributed by atoms with E-state index in [0.717, 1.165) is 6.61 Å². The summed E-state index contributed by atoms with van der Waals surface area (Å²) in [7, 11) is 0. The smallest absolute Gasteiger partial charge is 0.0795 e. The van der Waals surface area contributed by atoms with Gasteiger partial charge in [-0.15, -0.1) is 0 Å².